The van der Waals surface area contributed by atoms with Crippen LogP contribution >= 0.6 is 0 Å². The van der Waals surface area contributed by atoms with E-state index in [1.54, 1.807) is 0 Å². The van der Waals surface area contributed by atoms with Crippen LogP contribution in [-0.4, -0.2) is 17.7 Å². The molecule has 1 unspecified atom stereocenters. The molecule has 0 saturated carbocycles. The molecule has 1 rings (SSSR count). The number of phenolic OH excluding ortho intramolecular Hbond substituents is 1. The van der Waals surface area contributed by atoms with E-state index in [0.717, 1.165) is 24.0 Å². The molecule has 0 aliphatic rings. The molecule has 0 radical (unpaired) electrons. The van der Waals surface area contributed by atoms with Crippen molar-refractivity contribution < 1.29 is 14.6 Å². The molecule has 220 valence electrons. The summed E-state index contributed by atoms with van der Waals surface area (Å²) in [6.45, 7) is 18.0. The number of aromatic hydroxyl groups is 1. The molecule has 0 aliphatic carbocycles. The molecule has 3 nitrogen and oxygen atoms in total. The molecule has 1 aromatic carbocycles. The van der Waals surface area contributed by atoms with Crippen LogP contribution in [0.2, 0.25) is 0 Å². The van der Waals surface area contributed by atoms with Crippen LogP contribution in [0.1, 0.15) is 181 Å². The number of hydrogen-bond acceptors (Lipinski definition) is 3. The first-order chi connectivity index (χ1) is 17.9. The van der Waals surface area contributed by atoms with Crippen molar-refractivity contribution >= 4 is 5.97 Å². The highest BCUT2D eigenvalue weighted by atomic mass is 16.5. The molecular formula is C35H62O3. The zero-order chi connectivity index (χ0) is 28.6. The van der Waals surface area contributed by atoms with E-state index in [2.05, 4.69) is 60.6 Å². The number of esters is 1. The maximum absolute atomic E-state index is 11.1. The molecule has 0 saturated heterocycles. The summed E-state index contributed by atoms with van der Waals surface area (Å²) in [5.74, 6) is 0.994. The van der Waals surface area contributed by atoms with Crippen LogP contribution in [0.4, 0.5) is 0 Å². The molecule has 0 amide bonds. The molecule has 3 heteroatoms. The van der Waals surface area contributed by atoms with Crippen LogP contribution in [0.3, 0.4) is 0 Å². The summed E-state index contributed by atoms with van der Waals surface area (Å²) in [7, 11) is 0. The minimum absolute atomic E-state index is 0.0651. The van der Waals surface area contributed by atoms with Crippen LogP contribution in [0.15, 0.2) is 12.1 Å². The van der Waals surface area contributed by atoms with Gasteiger partial charge in [0.2, 0.25) is 0 Å². The summed E-state index contributed by atoms with van der Waals surface area (Å²) in [5, 5.41) is 11.1. The van der Waals surface area contributed by atoms with Crippen molar-refractivity contribution in [2.45, 2.75) is 175 Å². The van der Waals surface area contributed by atoms with Gasteiger partial charge < -0.3 is 9.84 Å². The molecule has 0 heterocycles. The Bertz CT molecular complexity index is 746. The van der Waals surface area contributed by atoms with Gasteiger partial charge >= 0.3 is 5.97 Å². The monoisotopic (exact) mass is 530 g/mol. The van der Waals surface area contributed by atoms with Gasteiger partial charge in [-0.15, -0.1) is 0 Å². The number of benzene rings is 1. The molecule has 0 fully saturated rings. The largest absolute Gasteiger partial charge is 0.507 e. The van der Waals surface area contributed by atoms with E-state index >= 15 is 0 Å². The average Bonchev–Trinajstić information content (AvgIpc) is 2.84. The minimum atomic E-state index is -0.0753. The van der Waals surface area contributed by atoms with Crippen molar-refractivity contribution in [2.75, 3.05) is 6.61 Å². The average molecular weight is 531 g/mol. The minimum Gasteiger partial charge on any atom is -0.507 e. The Kier molecular flexibility index (Phi) is 16.3. The number of rotatable bonds is 19. The van der Waals surface area contributed by atoms with E-state index < -0.39 is 0 Å². The van der Waals surface area contributed by atoms with Crippen LogP contribution in [0.25, 0.3) is 0 Å². The second-order valence-electron chi connectivity index (χ2n) is 13.5. The zero-order valence-corrected chi connectivity index (χ0v) is 26.5. The third-order valence-corrected chi connectivity index (χ3v) is 7.96. The lowest BCUT2D eigenvalue weighted by Crippen LogP contribution is -2.18. The standard InChI is InChI=1S/C35H62O3/c1-9-28(29-26-30(34(3,4)5)33(37)31(27-29)35(6,7)8)24-22-20-18-16-14-12-11-13-15-17-19-21-23-25-38-32(36)10-2/h26-28,37H,9-25H2,1-8H3. The Labute approximate surface area is 236 Å². The third kappa shape index (κ3) is 13.5. The number of phenols is 1. The fourth-order valence-corrected chi connectivity index (χ4v) is 5.37. The topological polar surface area (TPSA) is 46.5 Å². The van der Waals surface area contributed by atoms with Crippen molar-refractivity contribution in [3.63, 3.8) is 0 Å². The third-order valence-electron chi connectivity index (χ3n) is 7.96. The maximum Gasteiger partial charge on any atom is 0.305 e. The van der Waals surface area contributed by atoms with Crippen LogP contribution in [0.5, 0.6) is 5.75 Å². The van der Waals surface area contributed by atoms with E-state index in [1.807, 2.05) is 6.92 Å². The first-order valence-electron chi connectivity index (χ1n) is 15.9. The van der Waals surface area contributed by atoms with Crippen molar-refractivity contribution in [1.82, 2.24) is 0 Å². The van der Waals surface area contributed by atoms with Crippen LogP contribution in [0, 0.1) is 0 Å². The van der Waals surface area contributed by atoms with Gasteiger partial charge in [-0.1, -0.05) is 145 Å². The van der Waals surface area contributed by atoms with Gasteiger partial charge in [0, 0.05) is 6.42 Å². The summed E-state index contributed by atoms with van der Waals surface area (Å²) in [6.07, 6.45) is 19.9. The van der Waals surface area contributed by atoms with E-state index in [0.29, 0.717) is 24.7 Å². The molecule has 1 N–H and O–H groups in total. The smallest absolute Gasteiger partial charge is 0.305 e. The SMILES string of the molecule is CCC(=O)OCCCCCCCCCCCCCCCC(CC)c1cc(C(C)(C)C)c(O)c(C(C)(C)C)c1. The number of carbonyl (C=O) groups is 1. The van der Waals surface area contributed by atoms with Crippen molar-refractivity contribution in [1.29, 1.82) is 0 Å². The molecule has 1 atom stereocenters. The highest BCUT2D eigenvalue weighted by Crippen LogP contribution is 2.42. The van der Waals surface area contributed by atoms with Gasteiger partial charge in [0.25, 0.3) is 0 Å². The van der Waals surface area contributed by atoms with Gasteiger partial charge in [-0.25, -0.2) is 0 Å². The lowest BCUT2D eigenvalue weighted by Gasteiger charge is -2.30. The van der Waals surface area contributed by atoms with E-state index in [-0.39, 0.29) is 16.8 Å². The normalized spacial score (nSPS) is 13.1. The molecule has 38 heavy (non-hydrogen) atoms. The summed E-state index contributed by atoms with van der Waals surface area (Å²) >= 11 is 0. The summed E-state index contributed by atoms with van der Waals surface area (Å²) < 4.78 is 5.12. The van der Waals surface area contributed by atoms with Gasteiger partial charge in [0.05, 0.1) is 6.61 Å². The number of carbonyl (C=O) groups excluding carboxylic acids is 1. The molecule has 0 aromatic heterocycles. The fourth-order valence-electron chi connectivity index (χ4n) is 5.37. The van der Waals surface area contributed by atoms with E-state index in [1.165, 1.54) is 89.0 Å². The lowest BCUT2D eigenvalue weighted by atomic mass is 9.76. The second-order valence-corrected chi connectivity index (χ2v) is 13.5. The zero-order valence-electron chi connectivity index (χ0n) is 26.5. The first-order valence-corrected chi connectivity index (χ1v) is 15.9. The van der Waals surface area contributed by atoms with Gasteiger partial charge in [-0.3, -0.25) is 4.79 Å². The number of ether oxygens (including phenoxy) is 1. The fraction of sp³-hybridized carbons (Fsp3) is 0.800. The Hall–Kier alpha value is -1.51. The summed E-state index contributed by atoms with van der Waals surface area (Å²) in [6, 6.07) is 4.59. The Morgan fingerprint density at radius 3 is 1.47 bits per heavy atom. The van der Waals surface area contributed by atoms with E-state index in [4.69, 9.17) is 4.74 Å². The Morgan fingerprint density at radius 1 is 0.711 bits per heavy atom. The van der Waals surface area contributed by atoms with Crippen molar-refractivity contribution in [2.24, 2.45) is 0 Å². The summed E-state index contributed by atoms with van der Waals surface area (Å²) in [4.78, 5) is 11.1. The van der Waals surface area contributed by atoms with E-state index in [9.17, 15) is 9.90 Å². The maximum atomic E-state index is 11.1. The molecule has 1 aromatic rings. The molecule has 0 bridgehead atoms. The second kappa shape index (κ2) is 18.0. The summed E-state index contributed by atoms with van der Waals surface area (Å²) in [5.41, 5.74) is 3.47. The molecule has 0 spiro atoms. The highest BCUT2D eigenvalue weighted by molar-refractivity contribution is 5.68. The van der Waals surface area contributed by atoms with Crippen molar-refractivity contribution in [3.05, 3.63) is 28.8 Å². The quantitative estimate of drug-likeness (QED) is 0.143. The van der Waals surface area contributed by atoms with Gasteiger partial charge in [0.15, 0.2) is 0 Å². The Morgan fingerprint density at radius 2 is 1.11 bits per heavy atom. The number of hydrogen-bond donors (Lipinski definition) is 1. The predicted octanol–water partition coefficient (Wildman–Crippen LogP) is 10.9. The first kappa shape index (κ1) is 34.5. The van der Waals surface area contributed by atoms with Crippen molar-refractivity contribution in [3.8, 4) is 5.75 Å². The molecule has 0 aliphatic heterocycles. The van der Waals surface area contributed by atoms with Gasteiger partial charge in [-0.05, 0) is 52.7 Å². The van der Waals surface area contributed by atoms with Crippen LogP contribution in [-0.2, 0) is 20.4 Å². The highest BCUT2D eigenvalue weighted by Gasteiger charge is 2.27. The van der Waals surface area contributed by atoms with Crippen LogP contribution < -0.4 is 0 Å². The number of unbranched alkanes of at least 4 members (excludes halogenated alkanes) is 12. The van der Waals surface area contributed by atoms with Gasteiger partial charge in [0.1, 0.15) is 5.75 Å². The Balaban J connectivity index is 2.25. The predicted molar refractivity (Wildman–Crippen MR) is 164 cm³/mol. The van der Waals surface area contributed by atoms with Gasteiger partial charge in [-0.2, -0.15) is 0 Å². The lowest BCUT2D eigenvalue weighted by molar-refractivity contribution is -0.143. The molecular weight excluding hydrogens is 468 g/mol.